The first kappa shape index (κ1) is 13.6. The Bertz CT molecular complexity index is 539. The lowest BCUT2D eigenvalue weighted by atomic mass is 10.1. The standard InChI is InChI=1S/C16H18FNO/c1-3-16(19)12-7-9-14(10-8-12)18(2)15-6-4-5-13(17)11-15/h4-11,16,19H,3H2,1-2H3. The van der Waals surface area contributed by atoms with Crippen molar-refractivity contribution in [3.05, 3.63) is 59.9 Å². The zero-order valence-electron chi connectivity index (χ0n) is 11.2. The van der Waals surface area contributed by atoms with Crippen molar-refractivity contribution in [3.8, 4) is 0 Å². The van der Waals surface area contributed by atoms with Gasteiger partial charge in [0.05, 0.1) is 6.10 Å². The lowest BCUT2D eigenvalue weighted by molar-refractivity contribution is 0.173. The first-order valence-electron chi connectivity index (χ1n) is 6.39. The summed E-state index contributed by atoms with van der Waals surface area (Å²) in [5, 5.41) is 9.75. The Morgan fingerprint density at radius 3 is 2.37 bits per heavy atom. The number of hydrogen-bond donors (Lipinski definition) is 1. The minimum Gasteiger partial charge on any atom is -0.388 e. The Morgan fingerprint density at radius 2 is 1.79 bits per heavy atom. The van der Waals surface area contributed by atoms with Crippen LogP contribution in [0.1, 0.15) is 25.0 Å². The van der Waals surface area contributed by atoms with Crippen molar-refractivity contribution in [3.63, 3.8) is 0 Å². The SMILES string of the molecule is CCC(O)c1ccc(N(C)c2cccc(F)c2)cc1. The van der Waals surface area contributed by atoms with Crippen LogP contribution in [0.5, 0.6) is 0 Å². The molecule has 0 aliphatic carbocycles. The van der Waals surface area contributed by atoms with Gasteiger partial charge in [0.15, 0.2) is 0 Å². The molecular formula is C16H18FNO. The number of anilines is 2. The van der Waals surface area contributed by atoms with Gasteiger partial charge in [-0.25, -0.2) is 4.39 Å². The Balaban J connectivity index is 2.22. The Hall–Kier alpha value is -1.87. The quantitative estimate of drug-likeness (QED) is 0.895. The molecule has 0 radical (unpaired) electrons. The lowest BCUT2D eigenvalue weighted by Crippen LogP contribution is -2.09. The molecular weight excluding hydrogens is 241 g/mol. The molecule has 2 aromatic rings. The minimum absolute atomic E-state index is 0.248. The molecule has 100 valence electrons. The molecule has 0 aliphatic heterocycles. The Kier molecular flexibility index (Phi) is 4.17. The molecule has 1 atom stereocenters. The minimum atomic E-state index is -0.423. The largest absolute Gasteiger partial charge is 0.388 e. The van der Waals surface area contributed by atoms with Crippen molar-refractivity contribution in [2.75, 3.05) is 11.9 Å². The summed E-state index contributed by atoms with van der Waals surface area (Å²) in [5.74, 6) is -0.248. The summed E-state index contributed by atoms with van der Waals surface area (Å²) in [5.41, 5.74) is 2.65. The molecule has 0 bridgehead atoms. The number of aliphatic hydroxyl groups excluding tert-OH is 1. The van der Waals surface area contributed by atoms with Gasteiger partial charge >= 0.3 is 0 Å². The average Bonchev–Trinajstić information content (AvgIpc) is 2.46. The second kappa shape index (κ2) is 5.85. The molecule has 2 rings (SSSR count). The number of nitrogens with zero attached hydrogens (tertiary/aromatic N) is 1. The molecule has 0 aromatic heterocycles. The van der Waals surface area contributed by atoms with Crippen LogP contribution in [0, 0.1) is 5.82 Å². The third-order valence-corrected chi connectivity index (χ3v) is 3.25. The van der Waals surface area contributed by atoms with Gasteiger partial charge in [0.2, 0.25) is 0 Å². The van der Waals surface area contributed by atoms with E-state index in [4.69, 9.17) is 0 Å². The number of benzene rings is 2. The van der Waals surface area contributed by atoms with E-state index in [2.05, 4.69) is 0 Å². The van der Waals surface area contributed by atoms with Gasteiger partial charge in [-0.2, -0.15) is 0 Å². The van der Waals surface area contributed by atoms with Crippen LogP contribution in [-0.2, 0) is 0 Å². The van der Waals surface area contributed by atoms with Crippen LogP contribution in [0.3, 0.4) is 0 Å². The Labute approximate surface area is 113 Å². The molecule has 0 saturated heterocycles. The fraction of sp³-hybridized carbons (Fsp3) is 0.250. The van der Waals surface area contributed by atoms with E-state index in [1.165, 1.54) is 12.1 Å². The van der Waals surface area contributed by atoms with Crippen molar-refractivity contribution < 1.29 is 9.50 Å². The lowest BCUT2D eigenvalue weighted by Gasteiger charge is -2.20. The van der Waals surface area contributed by atoms with E-state index >= 15 is 0 Å². The van der Waals surface area contributed by atoms with E-state index in [1.54, 1.807) is 6.07 Å². The van der Waals surface area contributed by atoms with Crippen LogP contribution in [-0.4, -0.2) is 12.2 Å². The number of hydrogen-bond acceptors (Lipinski definition) is 2. The van der Waals surface area contributed by atoms with E-state index in [0.717, 1.165) is 16.9 Å². The highest BCUT2D eigenvalue weighted by Gasteiger charge is 2.07. The molecule has 2 aromatic carbocycles. The van der Waals surface area contributed by atoms with Crippen LogP contribution in [0.4, 0.5) is 15.8 Å². The fourth-order valence-corrected chi connectivity index (χ4v) is 1.99. The van der Waals surface area contributed by atoms with Gasteiger partial charge < -0.3 is 10.0 Å². The van der Waals surface area contributed by atoms with Gasteiger partial charge in [0, 0.05) is 18.4 Å². The second-order valence-corrected chi connectivity index (χ2v) is 4.55. The van der Waals surface area contributed by atoms with Crippen LogP contribution in [0.15, 0.2) is 48.5 Å². The van der Waals surface area contributed by atoms with Crippen LogP contribution >= 0.6 is 0 Å². The summed E-state index contributed by atoms with van der Waals surface area (Å²) in [6, 6.07) is 14.1. The van der Waals surface area contributed by atoms with Gasteiger partial charge in [-0.1, -0.05) is 25.1 Å². The third-order valence-electron chi connectivity index (χ3n) is 3.25. The van der Waals surface area contributed by atoms with Gasteiger partial charge in [0.25, 0.3) is 0 Å². The van der Waals surface area contributed by atoms with Gasteiger partial charge in [-0.05, 0) is 42.3 Å². The average molecular weight is 259 g/mol. The molecule has 0 aliphatic rings. The van der Waals surface area contributed by atoms with Crippen LogP contribution in [0.2, 0.25) is 0 Å². The van der Waals surface area contributed by atoms with E-state index < -0.39 is 6.10 Å². The first-order chi connectivity index (χ1) is 9.11. The Morgan fingerprint density at radius 1 is 1.11 bits per heavy atom. The van der Waals surface area contributed by atoms with Crippen molar-refractivity contribution in [2.45, 2.75) is 19.4 Å². The molecule has 19 heavy (non-hydrogen) atoms. The second-order valence-electron chi connectivity index (χ2n) is 4.55. The highest BCUT2D eigenvalue weighted by atomic mass is 19.1. The van der Waals surface area contributed by atoms with Crippen molar-refractivity contribution in [1.29, 1.82) is 0 Å². The normalized spacial score (nSPS) is 12.2. The third kappa shape index (κ3) is 3.12. The van der Waals surface area contributed by atoms with Crippen molar-refractivity contribution >= 4 is 11.4 Å². The van der Waals surface area contributed by atoms with Crippen LogP contribution in [0.25, 0.3) is 0 Å². The molecule has 0 heterocycles. The van der Waals surface area contributed by atoms with E-state index in [0.29, 0.717) is 6.42 Å². The number of halogens is 1. The number of rotatable bonds is 4. The molecule has 0 fully saturated rings. The van der Waals surface area contributed by atoms with Gasteiger partial charge in [-0.3, -0.25) is 0 Å². The maximum Gasteiger partial charge on any atom is 0.125 e. The number of aliphatic hydroxyl groups is 1. The zero-order chi connectivity index (χ0) is 13.8. The summed E-state index contributed by atoms with van der Waals surface area (Å²) in [6.45, 7) is 1.94. The fourth-order valence-electron chi connectivity index (χ4n) is 1.99. The monoisotopic (exact) mass is 259 g/mol. The molecule has 0 saturated carbocycles. The van der Waals surface area contributed by atoms with Crippen molar-refractivity contribution in [1.82, 2.24) is 0 Å². The van der Waals surface area contributed by atoms with E-state index in [9.17, 15) is 9.50 Å². The summed E-state index contributed by atoms with van der Waals surface area (Å²) >= 11 is 0. The molecule has 0 amide bonds. The molecule has 1 N–H and O–H groups in total. The van der Waals surface area contributed by atoms with E-state index in [-0.39, 0.29) is 5.82 Å². The predicted octanol–water partition coefficient (Wildman–Crippen LogP) is 4.04. The molecule has 1 unspecified atom stereocenters. The zero-order valence-corrected chi connectivity index (χ0v) is 11.2. The van der Waals surface area contributed by atoms with Gasteiger partial charge in [0.1, 0.15) is 5.82 Å². The smallest absolute Gasteiger partial charge is 0.125 e. The summed E-state index contributed by atoms with van der Waals surface area (Å²) in [7, 11) is 1.89. The van der Waals surface area contributed by atoms with Crippen molar-refractivity contribution in [2.24, 2.45) is 0 Å². The van der Waals surface area contributed by atoms with Gasteiger partial charge in [-0.15, -0.1) is 0 Å². The highest BCUT2D eigenvalue weighted by Crippen LogP contribution is 2.26. The maximum absolute atomic E-state index is 13.2. The predicted molar refractivity (Wildman–Crippen MR) is 76.2 cm³/mol. The maximum atomic E-state index is 13.2. The summed E-state index contributed by atoms with van der Waals surface area (Å²) in [4.78, 5) is 1.91. The highest BCUT2D eigenvalue weighted by molar-refractivity contribution is 5.62. The molecule has 2 nitrogen and oxygen atoms in total. The summed E-state index contributed by atoms with van der Waals surface area (Å²) in [6.07, 6.45) is 0.271. The molecule has 0 spiro atoms. The topological polar surface area (TPSA) is 23.5 Å². The molecule has 3 heteroatoms. The van der Waals surface area contributed by atoms with E-state index in [1.807, 2.05) is 49.2 Å². The summed E-state index contributed by atoms with van der Waals surface area (Å²) < 4.78 is 13.2. The first-order valence-corrected chi connectivity index (χ1v) is 6.39. The van der Waals surface area contributed by atoms with Crippen LogP contribution < -0.4 is 4.90 Å².